The van der Waals surface area contributed by atoms with E-state index in [9.17, 15) is 44.3 Å². The summed E-state index contributed by atoms with van der Waals surface area (Å²) in [5.41, 5.74) is -3.11. The second-order valence-corrected chi connectivity index (χ2v) is 9.61. The van der Waals surface area contributed by atoms with E-state index in [1.54, 1.807) is 19.1 Å². The van der Waals surface area contributed by atoms with Crippen LogP contribution in [0, 0.1) is 17.7 Å². The van der Waals surface area contributed by atoms with E-state index in [2.05, 4.69) is 0 Å². The maximum absolute atomic E-state index is 13.7. The summed E-state index contributed by atoms with van der Waals surface area (Å²) in [6.45, 7) is 2.67. The van der Waals surface area contributed by atoms with Crippen molar-refractivity contribution in [3.63, 3.8) is 0 Å². The van der Waals surface area contributed by atoms with Crippen LogP contribution in [0.4, 0.5) is 4.39 Å². The number of hydrogen-bond donors (Lipinski definition) is 5. The summed E-state index contributed by atoms with van der Waals surface area (Å²) < 4.78 is 13.4. The third-order valence-corrected chi connectivity index (χ3v) is 7.76. The normalized spacial score (nSPS) is 29.6. The molecule has 0 aromatic heterocycles. The Labute approximate surface area is 204 Å². The van der Waals surface area contributed by atoms with E-state index in [0.717, 1.165) is 6.92 Å². The lowest BCUT2D eigenvalue weighted by Crippen LogP contribution is -2.62. The molecule has 0 bridgehead atoms. The molecular weight excluding hydrogens is 471 g/mol. The highest BCUT2D eigenvalue weighted by atomic mass is 19.1. The molecule has 0 spiro atoms. The van der Waals surface area contributed by atoms with Gasteiger partial charge in [0.05, 0.1) is 11.7 Å². The van der Waals surface area contributed by atoms with E-state index >= 15 is 0 Å². The van der Waals surface area contributed by atoms with Crippen LogP contribution >= 0.6 is 0 Å². The minimum atomic E-state index is -2.81. The lowest BCUT2D eigenvalue weighted by molar-refractivity contribution is -0.154. The Bertz CT molecular complexity index is 1420. The topological polar surface area (TPSA) is 152 Å². The third kappa shape index (κ3) is 2.96. The van der Waals surface area contributed by atoms with Crippen molar-refractivity contribution in [3.05, 3.63) is 76.0 Å². The Morgan fingerprint density at radius 1 is 1.06 bits per heavy atom. The number of ketones is 3. The summed E-state index contributed by atoms with van der Waals surface area (Å²) in [5.74, 6) is -8.70. The number of aliphatic hydroxyl groups excluding tert-OH is 3. The fourth-order valence-electron chi connectivity index (χ4n) is 5.97. The second-order valence-electron chi connectivity index (χ2n) is 9.61. The number of Topliss-reactive ketones (excluding diaryl/α,β-unsaturated/α-hetero) is 3. The molecule has 8 nitrogen and oxygen atoms in total. The Kier molecular flexibility index (Phi) is 5.21. The molecule has 36 heavy (non-hydrogen) atoms. The minimum Gasteiger partial charge on any atom is -0.511 e. The first kappa shape index (κ1) is 23.9. The average molecular weight is 494 g/mol. The predicted octanol–water partition coefficient (Wildman–Crippen LogP) is 3.02. The molecule has 0 radical (unpaired) electrons. The lowest BCUT2D eigenvalue weighted by atomic mass is 9.56. The molecule has 0 fully saturated rings. The van der Waals surface area contributed by atoms with Gasteiger partial charge in [-0.2, -0.15) is 0 Å². The minimum absolute atomic E-state index is 0.176. The van der Waals surface area contributed by atoms with Crippen molar-refractivity contribution in [1.82, 2.24) is 0 Å². The highest BCUT2D eigenvalue weighted by molar-refractivity contribution is 6.25. The summed E-state index contributed by atoms with van der Waals surface area (Å²) in [5, 5.41) is 55.3. The van der Waals surface area contributed by atoms with Crippen LogP contribution in [0.1, 0.15) is 42.1 Å². The first-order valence-electron chi connectivity index (χ1n) is 11.4. The van der Waals surface area contributed by atoms with Crippen LogP contribution in [0.5, 0.6) is 5.75 Å². The van der Waals surface area contributed by atoms with E-state index in [0.29, 0.717) is 11.1 Å². The van der Waals surface area contributed by atoms with Gasteiger partial charge in [0.25, 0.3) is 0 Å². The van der Waals surface area contributed by atoms with Gasteiger partial charge in [-0.15, -0.1) is 0 Å². The number of phenols is 1. The van der Waals surface area contributed by atoms with Crippen LogP contribution in [0.3, 0.4) is 0 Å². The molecular formula is C27H23FO8. The van der Waals surface area contributed by atoms with Gasteiger partial charge in [-0.1, -0.05) is 31.2 Å². The Morgan fingerprint density at radius 2 is 1.69 bits per heavy atom. The van der Waals surface area contributed by atoms with Crippen molar-refractivity contribution < 1.29 is 44.3 Å². The third-order valence-electron chi connectivity index (χ3n) is 7.76. The monoisotopic (exact) mass is 494 g/mol. The number of carbonyl (C=O) groups is 3. The number of allylic oxidation sites excluding steroid dienone is 1. The van der Waals surface area contributed by atoms with Crippen molar-refractivity contribution in [3.8, 4) is 16.9 Å². The van der Waals surface area contributed by atoms with Crippen LogP contribution in [-0.4, -0.2) is 54.6 Å². The number of halogens is 1. The molecule has 5 rings (SSSR count). The molecule has 5 atom stereocenters. The van der Waals surface area contributed by atoms with Gasteiger partial charge in [0.1, 0.15) is 28.7 Å². The van der Waals surface area contributed by atoms with Crippen molar-refractivity contribution in [2.75, 3.05) is 0 Å². The van der Waals surface area contributed by atoms with E-state index < -0.39 is 87.5 Å². The molecule has 0 saturated carbocycles. The quantitative estimate of drug-likeness (QED) is 0.400. The van der Waals surface area contributed by atoms with E-state index in [-0.39, 0.29) is 11.1 Å². The molecule has 2 aromatic rings. The van der Waals surface area contributed by atoms with Gasteiger partial charge in [0.2, 0.25) is 5.78 Å². The van der Waals surface area contributed by atoms with Crippen LogP contribution in [0.15, 0.2) is 59.1 Å². The summed E-state index contributed by atoms with van der Waals surface area (Å²) in [6, 6.07) is 8.39. The fraction of sp³-hybridized carbons (Fsp3) is 0.296. The summed E-state index contributed by atoms with van der Waals surface area (Å²) in [4.78, 5) is 38.9. The second kappa shape index (κ2) is 7.84. The molecule has 3 aliphatic rings. The van der Waals surface area contributed by atoms with Crippen LogP contribution in [0.2, 0.25) is 0 Å². The van der Waals surface area contributed by atoms with Crippen LogP contribution in [-0.2, 0) is 9.59 Å². The van der Waals surface area contributed by atoms with Crippen molar-refractivity contribution in [2.24, 2.45) is 11.8 Å². The van der Waals surface area contributed by atoms with Crippen molar-refractivity contribution >= 4 is 17.3 Å². The van der Waals surface area contributed by atoms with Crippen molar-refractivity contribution in [2.45, 2.75) is 37.9 Å². The number of phenolic OH excluding ortho intramolecular Hbond substituents is 1. The summed E-state index contributed by atoms with van der Waals surface area (Å²) in [6.07, 6.45) is -2.01. The largest absolute Gasteiger partial charge is 0.511 e. The molecule has 0 saturated heterocycles. The van der Waals surface area contributed by atoms with Crippen LogP contribution in [0.25, 0.3) is 11.1 Å². The molecule has 0 amide bonds. The number of aromatic hydroxyl groups is 1. The smallest absolute Gasteiger partial charge is 0.209 e. The number of benzene rings is 2. The van der Waals surface area contributed by atoms with Gasteiger partial charge in [-0.25, -0.2) is 4.39 Å². The highest BCUT2D eigenvalue weighted by Crippen LogP contribution is 2.55. The van der Waals surface area contributed by atoms with Crippen LogP contribution < -0.4 is 0 Å². The standard InChI is InChI=1S/C27H23FO8/c1-10-14-7-8-15(12-3-5-13(28)6-4-12)22(31)20(14)24(33)21-18(10)23(32)16-9-17(30)19(11(2)29)25(34)27(16,36)26(21)35/h3-8,10,16,18,23,30-32,35-36H,9H2,1-2H3. The van der Waals surface area contributed by atoms with Gasteiger partial charge in [0.15, 0.2) is 17.2 Å². The summed E-state index contributed by atoms with van der Waals surface area (Å²) >= 11 is 0. The van der Waals surface area contributed by atoms with E-state index in [4.69, 9.17) is 0 Å². The molecule has 3 aliphatic carbocycles. The number of hydrogen-bond acceptors (Lipinski definition) is 8. The van der Waals surface area contributed by atoms with Gasteiger partial charge in [-0.3, -0.25) is 14.4 Å². The highest BCUT2D eigenvalue weighted by Gasteiger charge is 2.63. The Hall–Kier alpha value is -3.82. The number of rotatable bonds is 2. The summed E-state index contributed by atoms with van der Waals surface area (Å²) in [7, 11) is 0. The first-order valence-corrected chi connectivity index (χ1v) is 11.4. The number of carbonyl (C=O) groups excluding carboxylic acids is 3. The van der Waals surface area contributed by atoms with E-state index in [1.807, 2.05) is 0 Å². The molecule has 186 valence electrons. The lowest BCUT2D eigenvalue weighted by Gasteiger charge is -2.50. The zero-order valence-electron chi connectivity index (χ0n) is 19.3. The number of aliphatic hydroxyl groups is 4. The van der Waals surface area contributed by atoms with E-state index in [1.165, 1.54) is 24.3 Å². The molecule has 0 aliphatic heterocycles. The van der Waals surface area contributed by atoms with Crippen molar-refractivity contribution in [1.29, 1.82) is 0 Å². The predicted molar refractivity (Wildman–Crippen MR) is 124 cm³/mol. The van der Waals surface area contributed by atoms with Gasteiger partial charge < -0.3 is 25.5 Å². The Balaban J connectivity index is 1.73. The first-order chi connectivity index (χ1) is 16.9. The fourth-order valence-corrected chi connectivity index (χ4v) is 5.97. The molecule has 5 unspecified atom stereocenters. The zero-order chi connectivity index (χ0) is 26.3. The SMILES string of the molecule is CC(=O)C1=C(O)CC2C(O)C3C(=C(O)C2(O)C1=O)C(=O)c1c(ccc(-c2ccc(F)cc2)c1O)C3C. The maximum atomic E-state index is 13.7. The van der Waals surface area contributed by atoms with Gasteiger partial charge in [-0.05, 0) is 36.1 Å². The number of fused-ring (bicyclic) bond motifs is 3. The molecule has 0 heterocycles. The molecule has 9 heteroatoms. The zero-order valence-corrected chi connectivity index (χ0v) is 19.3. The molecule has 2 aromatic carbocycles. The van der Waals surface area contributed by atoms with Gasteiger partial charge in [0, 0.05) is 29.4 Å². The van der Waals surface area contributed by atoms with Gasteiger partial charge >= 0.3 is 0 Å². The maximum Gasteiger partial charge on any atom is 0.209 e. The average Bonchev–Trinajstić information content (AvgIpc) is 2.82. The Morgan fingerprint density at radius 3 is 2.31 bits per heavy atom. The molecule has 5 N–H and O–H groups in total.